The zero-order valence-corrected chi connectivity index (χ0v) is 22.4. The zero-order chi connectivity index (χ0) is 31.6. The van der Waals surface area contributed by atoms with Gasteiger partial charge in [0.25, 0.3) is 11.8 Å². The van der Waals surface area contributed by atoms with Gasteiger partial charge in [-0.25, -0.2) is 33.7 Å². The summed E-state index contributed by atoms with van der Waals surface area (Å²) in [5.41, 5.74) is -1.26. The highest BCUT2D eigenvalue weighted by atomic mass is 16.6. The van der Waals surface area contributed by atoms with Crippen LogP contribution in [0.2, 0.25) is 0 Å². The number of hydrogen-bond acceptors (Lipinski definition) is 12. The molecule has 2 amide bonds. The number of esters is 6. The predicted molar refractivity (Wildman–Crippen MR) is 146 cm³/mol. The minimum Gasteiger partial charge on any atom is -0.422 e. The van der Waals surface area contributed by atoms with Crippen LogP contribution in [0.25, 0.3) is 0 Å². The van der Waals surface area contributed by atoms with Crippen molar-refractivity contribution in [3.63, 3.8) is 0 Å². The molecule has 0 atom stereocenters. The van der Waals surface area contributed by atoms with Crippen molar-refractivity contribution in [3.05, 3.63) is 123 Å². The Morgan fingerprint density at radius 1 is 0.511 bits per heavy atom. The van der Waals surface area contributed by atoms with E-state index in [1.807, 2.05) is 0 Å². The molecule has 0 saturated heterocycles. The van der Waals surface area contributed by atoms with Crippen molar-refractivity contribution in [1.29, 1.82) is 0 Å². The number of cyclic esters (lactones) is 4. The van der Waals surface area contributed by atoms with Gasteiger partial charge in [-0.3, -0.25) is 9.59 Å². The monoisotopic (exact) mass is 603 g/mol. The number of carbonyl (C=O) groups excluding carboxylic acids is 8. The maximum Gasteiger partial charge on any atom is 0.346 e. The zero-order valence-electron chi connectivity index (χ0n) is 22.4. The van der Waals surface area contributed by atoms with Crippen LogP contribution in [0.4, 0.5) is 5.69 Å². The summed E-state index contributed by atoms with van der Waals surface area (Å²) in [6.07, 6.45) is 0. The smallest absolute Gasteiger partial charge is 0.346 e. The van der Waals surface area contributed by atoms with Gasteiger partial charge >= 0.3 is 35.8 Å². The molecule has 13 heteroatoms. The summed E-state index contributed by atoms with van der Waals surface area (Å²) < 4.78 is 20.0. The lowest BCUT2D eigenvalue weighted by molar-refractivity contribution is 0.0425. The Morgan fingerprint density at radius 2 is 0.933 bits per heavy atom. The SMILES string of the molecule is O=C(Oc1ccc(OC(=O)c2ccc3c(c2)C(=O)OC3=O)c2c1C(=O)N(c1ccccc1)C2=O)c1ccc2c(c1)C(=O)OC2=O. The number of anilines is 1. The lowest BCUT2D eigenvalue weighted by Crippen LogP contribution is -2.29. The van der Waals surface area contributed by atoms with Crippen LogP contribution < -0.4 is 14.4 Å². The third-order valence-electron chi connectivity index (χ3n) is 7.14. The van der Waals surface area contributed by atoms with E-state index in [4.69, 9.17) is 9.47 Å². The number of amides is 2. The Labute approximate surface area is 250 Å². The standard InChI is InChI=1S/C32H13NO12/c34-25-23-21(42-27(36)14-6-8-17-19(12-14)31(40)44-29(17)38)10-11-22(24(23)26(35)33(25)16-4-2-1-3-5-16)43-28(37)15-7-9-18-20(13-15)32(41)45-30(18)39/h1-13H. The lowest BCUT2D eigenvalue weighted by Gasteiger charge is -2.13. The molecule has 45 heavy (non-hydrogen) atoms. The first-order valence-electron chi connectivity index (χ1n) is 13.0. The topological polar surface area (TPSA) is 177 Å². The van der Waals surface area contributed by atoms with Crippen LogP contribution in [0, 0.1) is 0 Å². The van der Waals surface area contributed by atoms with Gasteiger partial charge in [0.05, 0.1) is 50.2 Å². The largest absolute Gasteiger partial charge is 0.422 e. The molecular formula is C32H13NO12. The maximum absolute atomic E-state index is 13.7. The van der Waals surface area contributed by atoms with Crippen LogP contribution in [0.5, 0.6) is 11.5 Å². The first-order valence-corrected chi connectivity index (χ1v) is 13.0. The van der Waals surface area contributed by atoms with E-state index in [1.165, 1.54) is 36.4 Å². The van der Waals surface area contributed by atoms with Crippen molar-refractivity contribution in [2.24, 2.45) is 0 Å². The fraction of sp³-hybridized carbons (Fsp3) is 0. The van der Waals surface area contributed by atoms with Crippen LogP contribution in [0.1, 0.15) is 82.9 Å². The molecule has 0 aromatic heterocycles. The molecule has 4 aromatic carbocycles. The summed E-state index contributed by atoms with van der Waals surface area (Å²) in [7, 11) is 0. The molecule has 218 valence electrons. The Morgan fingerprint density at radius 3 is 1.38 bits per heavy atom. The number of hydrogen-bond donors (Lipinski definition) is 0. The van der Waals surface area contributed by atoms with Gasteiger partial charge in [-0.1, -0.05) is 18.2 Å². The summed E-state index contributed by atoms with van der Waals surface area (Å²) in [5, 5.41) is 0. The molecule has 0 spiro atoms. The Balaban J connectivity index is 1.26. The predicted octanol–water partition coefficient (Wildman–Crippen LogP) is 3.55. The fourth-order valence-corrected chi connectivity index (χ4v) is 5.03. The summed E-state index contributed by atoms with van der Waals surface area (Å²) in [6.45, 7) is 0. The van der Waals surface area contributed by atoms with Gasteiger partial charge in [-0.2, -0.15) is 0 Å². The number of fused-ring (bicyclic) bond motifs is 3. The lowest BCUT2D eigenvalue weighted by atomic mass is 10.0. The van der Waals surface area contributed by atoms with E-state index in [0.29, 0.717) is 0 Å². The van der Waals surface area contributed by atoms with Gasteiger partial charge in [-0.05, 0) is 60.7 Å². The van der Waals surface area contributed by atoms with Crippen molar-refractivity contribution in [3.8, 4) is 11.5 Å². The van der Waals surface area contributed by atoms with E-state index in [1.54, 1.807) is 18.2 Å². The molecular weight excluding hydrogens is 590 g/mol. The third kappa shape index (κ3) is 4.26. The molecule has 3 aliphatic rings. The Hall–Kier alpha value is -6.76. The molecule has 4 aromatic rings. The van der Waals surface area contributed by atoms with Crippen molar-refractivity contribution in [2.45, 2.75) is 0 Å². The Bertz CT molecular complexity index is 1980. The molecule has 0 unspecified atom stereocenters. The van der Waals surface area contributed by atoms with Crippen LogP contribution in [-0.2, 0) is 9.47 Å². The first kappa shape index (κ1) is 27.1. The van der Waals surface area contributed by atoms with E-state index in [0.717, 1.165) is 29.2 Å². The molecule has 0 fully saturated rings. The molecule has 0 aliphatic carbocycles. The minimum atomic E-state index is -1.03. The summed E-state index contributed by atoms with van der Waals surface area (Å²) in [4.78, 5) is 102. The molecule has 0 radical (unpaired) electrons. The van der Waals surface area contributed by atoms with Crippen LogP contribution in [-0.4, -0.2) is 47.6 Å². The summed E-state index contributed by atoms with van der Waals surface area (Å²) in [5.74, 6) is -8.16. The van der Waals surface area contributed by atoms with Gasteiger partial charge < -0.3 is 18.9 Å². The van der Waals surface area contributed by atoms with Crippen molar-refractivity contribution in [1.82, 2.24) is 0 Å². The second-order valence-electron chi connectivity index (χ2n) is 9.75. The highest BCUT2D eigenvalue weighted by Gasteiger charge is 2.43. The third-order valence-corrected chi connectivity index (χ3v) is 7.14. The number of carbonyl (C=O) groups is 8. The average Bonchev–Trinajstić information content (AvgIpc) is 3.60. The van der Waals surface area contributed by atoms with Gasteiger partial charge in [-0.15, -0.1) is 0 Å². The van der Waals surface area contributed by atoms with E-state index >= 15 is 0 Å². The second-order valence-corrected chi connectivity index (χ2v) is 9.75. The molecule has 7 rings (SSSR count). The first-order chi connectivity index (χ1) is 21.6. The molecule has 3 aliphatic heterocycles. The van der Waals surface area contributed by atoms with Crippen molar-refractivity contribution < 1.29 is 57.3 Å². The average molecular weight is 603 g/mol. The maximum atomic E-state index is 13.7. The molecule has 13 nitrogen and oxygen atoms in total. The summed E-state index contributed by atoms with van der Waals surface area (Å²) in [6, 6.07) is 17.2. The number of para-hydroxylation sites is 1. The fourth-order valence-electron chi connectivity index (χ4n) is 5.03. The number of nitrogens with zero attached hydrogens (tertiary/aromatic N) is 1. The van der Waals surface area contributed by atoms with Gasteiger partial charge in [0.15, 0.2) is 0 Å². The highest BCUT2D eigenvalue weighted by molar-refractivity contribution is 6.36. The van der Waals surface area contributed by atoms with Crippen LogP contribution in [0.15, 0.2) is 78.9 Å². The van der Waals surface area contributed by atoms with Crippen molar-refractivity contribution in [2.75, 3.05) is 4.90 Å². The number of rotatable bonds is 5. The second kappa shape index (κ2) is 9.91. The molecule has 3 heterocycles. The van der Waals surface area contributed by atoms with E-state index in [-0.39, 0.29) is 61.7 Å². The number of imide groups is 1. The highest BCUT2D eigenvalue weighted by Crippen LogP contribution is 2.40. The quantitative estimate of drug-likeness (QED) is 0.141. The normalized spacial score (nSPS) is 14.5. The number of benzene rings is 4. The van der Waals surface area contributed by atoms with E-state index in [9.17, 15) is 38.4 Å². The molecule has 0 N–H and O–H groups in total. The van der Waals surface area contributed by atoms with Crippen molar-refractivity contribution >= 4 is 53.3 Å². The van der Waals surface area contributed by atoms with Crippen LogP contribution in [0.3, 0.4) is 0 Å². The summed E-state index contributed by atoms with van der Waals surface area (Å²) >= 11 is 0. The molecule has 0 saturated carbocycles. The van der Waals surface area contributed by atoms with E-state index in [2.05, 4.69) is 9.47 Å². The van der Waals surface area contributed by atoms with Gasteiger partial charge in [0.1, 0.15) is 11.5 Å². The number of ether oxygens (including phenoxy) is 4. The molecule has 0 bridgehead atoms. The minimum absolute atomic E-state index is 0.0326. The van der Waals surface area contributed by atoms with Crippen LogP contribution >= 0.6 is 0 Å². The van der Waals surface area contributed by atoms with Gasteiger partial charge in [0, 0.05) is 0 Å². The van der Waals surface area contributed by atoms with Gasteiger partial charge in [0.2, 0.25) is 0 Å². The van der Waals surface area contributed by atoms with E-state index < -0.39 is 47.6 Å². The Kier molecular flexibility index (Phi) is 5.97.